The molecule has 1 aliphatic carbocycles. The third-order valence-electron chi connectivity index (χ3n) is 6.40. The molecular formula is C27H25Cl2FN2O6S. The van der Waals surface area contributed by atoms with E-state index in [-0.39, 0.29) is 48.8 Å². The number of halogens is 3. The molecule has 12 heteroatoms. The van der Waals surface area contributed by atoms with Crippen molar-refractivity contribution < 1.29 is 32.2 Å². The van der Waals surface area contributed by atoms with Gasteiger partial charge in [0.1, 0.15) is 16.5 Å². The number of sulfonamides is 1. The lowest BCUT2D eigenvalue weighted by atomic mass is 9.78. The first-order valence-corrected chi connectivity index (χ1v) is 14.1. The predicted octanol–water partition coefficient (Wildman–Crippen LogP) is 6.33. The number of benzene rings is 3. The smallest absolute Gasteiger partial charge is 0.307 e. The van der Waals surface area contributed by atoms with Crippen LogP contribution in [0.25, 0.3) is 0 Å². The molecular weight excluding hydrogens is 570 g/mol. The van der Waals surface area contributed by atoms with Gasteiger partial charge < -0.3 is 15.2 Å². The Morgan fingerprint density at radius 2 is 1.77 bits per heavy atom. The maximum Gasteiger partial charge on any atom is 0.307 e. The molecule has 206 valence electrons. The monoisotopic (exact) mass is 594 g/mol. The molecule has 0 spiro atoms. The van der Waals surface area contributed by atoms with Crippen molar-refractivity contribution in [1.29, 1.82) is 0 Å². The van der Waals surface area contributed by atoms with Crippen LogP contribution in [0.3, 0.4) is 0 Å². The van der Waals surface area contributed by atoms with Gasteiger partial charge in [0.15, 0.2) is 5.75 Å². The standard InChI is InChI=1S/C27H25Cl2FN2O6S/c1-15-4-7-24(19(29)10-15)39(36,37)32-21-12-16(26(35)31-27(2)8-3-9-27)5-6-22(21)38-23-14-20(30)17(11-18(23)28)13-25(33)34/h4-7,10-12,14,32H,3,8-9,13H2,1-2H3,(H,31,35)(H,33,34). The molecule has 0 bridgehead atoms. The molecule has 1 aliphatic rings. The molecule has 3 aromatic carbocycles. The SMILES string of the molecule is Cc1ccc(S(=O)(=O)Nc2cc(C(=O)NC3(C)CCC3)ccc2Oc2cc(F)c(CC(=O)O)cc2Cl)c(Cl)c1. The van der Waals surface area contributed by atoms with Crippen LogP contribution in [-0.2, 0) is 21.2 Å². The molecule has 0 aromatic heterocycles. The summed E-state index contributed by atoms with van der Waals surface area (Å²) in [6.45, 7) is 3.69. The van der Waals surface area contributed by atoms with Crippen LogP contribution >= 0.6 is 23.2 Å². The van der Waals surface area contributed by atoms with E-state index in [9.17, 15) is 22.4 Å². The maximum absolute atomic E-state index is 14.5. The number of ether oxygens (including phenoxy) is 1. The zero-order chi connectivity index (χ0) is 28.5. The van der Waals surface area contributed by atoms with E-state index in [1.54, 1.807) is 13.0 Å². The number of hydrogen-bond donors (Lipinski definition) is 3. The summed E-state index contributed by atoms with van der Waals surface area (Å²) in [5, 5.41) is 11.8. The fraction of sp³-hybridized carbons (Fsp3) is 0.259. The lowest BCUT2D eigenvalue weighted by Crippen LogP contribution is -2.50. The van der Waals surface area contributed by atoms with Crippen LogP contribution in [0.4, 0.5) is 10.1 Å². The van der Waals surface area contributed by atoms with E-state index in [0.717, 1.165) is 37.0 Å². The molecule has 1 fully saturated rings. The topological polar surface area (TPSA) is 122 Å². The van der Waals surface area contributed by atoms with Crippen LogP contribution in [0.2, 0.25) is 10.0 Å². The first-order valence-electron chi connectivity index (χ1n) is 11.9. The molecule has 1 amide bonds. The normalized spacial score (nSPS) is 14.3. The van der Waals surface area contributed by atoms with Gasteiger partial charge >= 0.3 is 5.97 Å². The summed E-state index contributed by atoms with van der Waals surface area (Å²) >= 11 is 12.4. The van der Waals surface area contributed by atoms with Crippen LogP contribution in [0.15, 0.2) is 53.4 Å². The second-order valence-electron chi connectivity index (χ2n) is 9.67. The van der Waals surface area contributed by atoms with Gasteiger partial charge in [-0.3, -0.25) is 14.3 Å². The minimum atomic E-state index is -4.25. The molecule has 3 aromatic rings. The lowest BCUT2D eigenvalue weighted by molar-refractivity contribution is -0.136. The highest BCUT2D eigenvalue weighted by Crippen LogP contribution is 2.38. The average Bonchev–Trinajstić information content (AvgIpc) is 2.81. The molecule has 3 N–H and O–H groups in total. The highest BCUT2D eigenvalue weighted by atomic mass is 35.5. The number of carbonyl (C=O) groups is 2. The molecule has 0 radical (unpaired) electrons. The number of anilines is 1. The average molecular weight is 595 g/mol. The number of rotatable bonds is 9. The van der Waals surface area contributed by atoms with Crippen molar-refractivity contribution in [2.45, 2.75) is 50.0 Å². The van der Waals surface area contributed by atoms with E-state index in [1.807, 2.05) is 6.92 Å². The Kier molecular flexibility index (Phi) is 8.11. The number of hydrogen-bond acceptors (Lipinski definition) is 5. The fourth-order valence-corrected chi connectivity index (χ4v) is 5.99. The van der Waals surface area contributed by atoms with Gasteiger partial charge in [-0.15, -0.1) is 0 Å². The Bertz CT molecular complexity index is 1570. The van der Waals surface area contributed by atoms with Crippen molar-refractivity contribution in [3.05, 3.63) is 81.1 Å². The maximum atomic E-state index is 14.5. The third-order valence-corrected chi connectivity index (χ3v) is 8.54. The summed E-state index contributed by atoms with van der Waals surface area (Å²) in [5.74, 6) is -2.78. The highest BCUT2D eigenvalue weighted by molar-refractivity contribution is 7.92. The van der Waals surface area contributed by atoms with Gasteiger partial charge in [-0.05, 0) is 75.1 Å². The Labute approximate surface area is 235 Å². The number of amides is 1. The second-order valence-corrected chi connectivity index (χ2v) is 12.1. The Morgan fingerprint density at radius 3 is 2.38 bits per heavy atom. The summed E-state index contributed by atoms with van der Waals surface area (Å²) in [4.78, 5) is 23.8. The van der Waals surface area contributed by atoms with E-state index < -0.39 is 34.1 Å². The van der Waals surface area contributed by atoms with Crippen molar-refractivity contribution in [3.8, 4) is 11.5 Å². The van der Waals surface area contributed by atoms with Gasteiger partial charge in [-0.1, -0.05) is 29.3 Å². The zero-order valence-corrected chi connectivity index (χ0v) is 23.3. The lowest BCUT2D eigenvalue weighted by Gasteiger charge is -2.39. The van der Waals surface area contributed by atoms with E-state index in [4.69, 9.17) is 33.0 Å². The molecule has 1 saturated carbocycles. The van der Waals surface area contributed by atoms with E-state index in [0.29, 0.717) is 0 Å². The van der Waals surface area contributed by atoms with Crippen LogP contribution in [0, 0.1) is 12.7 Å². The summed E-state index contributed by atoms with van der Waals surface area (Å²) in [5.41, 5.74) is 0.311. The number of carboxylic acid groups (broad SMARTS) is 1. The fourth-order valence-electron chi connectivity index (χ4n) is 4.11. The molecule has 4 rings (SSSR count). The molecule has 0 unspecified atom stereocenters. The van der Waals surface area contributed by atoms with Gasteiger partial charge in [0.25, 0.3) is 15.9 Å². The number of nitrogens with one attached hydrogen (secondary N) is 2. The second kappa shape index (κ2) is 11.0. The number of carboxylic acids is 1. The molecule has 0 aliphatic heterocycles. The van der Waals surface area contributed by atoms with Gasteiger partial charge in [0, 0.05) is 22.7 Å². The summed E-state index contributed by atoms with van der Waals surface area (Å²) in [6.07, 6.45) is 2.06. The molecule has 0 atom stereocenters. The van der Waals surface area contributed by atoms with Gasteiger partial charge in [0.05, 0.1) is 22.2 Å². The van der Waals surface area contributed by atoms with Crippen LogP contribution < -0.4 is 14.8 Å². The molecule has 8 nitrogen and oxygen atoms in total. The minimum absolute atomic E-state index is 0.00379. The zero-order valence-electron chi connectivity index (χ0n) is 21.0. The van der Waals surface area contributed by atoms with Crippen molar-refractivity contribution in [2.24, 2.45) is 0 Å². The first kappa shape index (κ1) is 28.7. The largest absolute Gasteiger partial charge is 0.481 e. The predicted molar refractivity (Wildman–Crippen MR) is 146 cm³/mol. The number of carbonyl (C=O) groups excluding carboxylic acids is 1. The summed E-state index contributed by atoms with van der Waals surface area (Å²) in [7, 11) is -4.25. The summed E-state index contributed by atoms with van der Waals surface area (Å²) in [6, 6.07) is 10.6. The quantitative estimate of drug-likeness (QED) is 0.266. The van der Waals surface area contributed by atoms with Crippen molar-refractivity contribution in [2.75, 3.05) is 4.72 Å². The van der Waals surface area contributed by atoms with Gasteiger partial charge in [0.2, 0.25) is 0 Å². The van der Waals surface area contributed by atoms with Crippen molar-refractivity contribution in [1.82, 2.24) is 5.32 Å². The van der Waals surface area contributed by atoms with Crippen LogP contribution in [-0.4, -0.2) is 30.9 Å². The van der Waals surface area contributed by atoms with Crippen LogP contribution in [0.1, 0.15) is 47.7 Å². The molecule has 0 heterocycles. The minimum Gasteiger partial charge on any atom is -0.481 e. The first-order chi connectivity index (χ1) is 18.3. The van der Waals surface area contributed by atoms with Crippen molar-refractivity contribution >= 4 is 50.8 Å². The summed E-state index contributed by atoms with van der Waals surface area (Å²) < 4.78 is 49.3. The number of aliphatic carboxylic acids is 1. The number of aryl methyl sites for hydroxylation is 1. The molecule has 0 saturated heterocycles. The van der Waals surface area contributed by atoms with E-state index in [1.165, 1.54) is 30.3 Å². The van der Waals surface area contributed by atoms with Gasteiger partial charge in [-0.25, -0.2) is 12.8 Å². The Balaban J connectivity index is 1.73. The molecule has 39 heavy (non-hydrogen) atoms. The van der Waals surface area contributed by atoms with E-state index >= 15 is 0 Å². The Hall–Kier alpha value is -3.34. The van der Waals surface area contributed by atoms with Crippen molar-refractivity contribution in [3.63, 3.8) is 0 Å². The Morgan fingerprint density at radius 1 is 1.05 bits per heavy atom. The van der Waals surface area contributed by atoms with Gasteiger partial charge in [-0.2, -0.15) is 0 Å². The van der Waals surface area contributed by atoms with E-state index in [2.05, 4.69) is 10.0 Å². The van der Waals surface area contributed by atoms with Crippen LogP contribution in [0.5, 0.6) is 11.5 Å². The third kappa shape index (κ3) is 6.63. The highest BCUT2D eigenvalue weighted by Gasteiger charge is 2.33.